The molecule has 0 aliphatic carbocycles. The zero-order valence-corrected chi connectivity index (χ0v) is 15.6. The molecule has 6 heteroatoms. The third-order valence-corrected chi connectivity index (χ3v) is 5.26. The van der Waals surface area contributed by atoms with Crippen LogP contribution in [0.5, 0.6) is 0 Å². The quantitative estimate of drug-likeness (QED) is 0.657. The molecule has 0 spiro atoms. The highest BCUT2D eigenvalue weighted by molar-refractivity contribution is 7.22. The normalized spacial score (nSPS) is 15.8. The highest BCUT2D eigenvalue weighted by atomic mass is 32.1. The van der Waals surface area contributed by atoms with E-state index in [2.05, 4.69) is 10.1 Å². The van der Waals surface area contributed by atoms with Crippen LogP contribution in [0.15, 0.2) is 59.2 Å². The lowest BCUT2D eigenvalue weighted by molar-refractivity contribution is -0.114. The molecule has 0 bridgehead atoms. The molecule has 5 nitrogen and oxygen atoms in total. The number of amides is 1. The van der Waals surface area contributed by atoms with Crippen molar-refractivity contribution < 1.29 is 4.79 Å². The predicted molar refractivity (Wildman–Crippen MR) is 109 cm³/mol. The van der Waals surface area contributed by atoms with E-state index in [1.54, 1.807) is 0 Å². The number of carbonyl (C=O) groups is 1. The van der Waals surface area contributed by atoms with Crippen molar-refractivity contribution in [3.05, 3.63) is 59.7 Å². The van der Waals surface area contributed by atoms with Crippen LogP contribution in [-0.4, -0.2) is 30.7 Å². The lowest BCUT2D eigenvalue weighted by Crippen LogP contribution is -2.21. The van der Waals surface area contributed by atoms with Gasteiger partial charge in [0.25, 0.3) is 5.91 Å². The molecule has 3 aromatic rings. The number of rotatable bonds is 3. The van der Waals surface area contributed by atoms with Gasteiger partial charge < -0.3 is 4.90 Å². The van der Waals surface area contributed by atoms with Crippen LogP contribution in [0.2, 0.25) is 0 Å². The first-order valence-corrected chi connectivity index (χ1v) is 9.09. The van der Waals surface area contributed by atoms with E-state index in [4.69, 9.17) is 0 Å². The number of hydrogen-bond acceptors (Lipinski definition) is 5. The van der Waals surface area contributed by atoms with Crippen molar-refractivity contribution in [1.82, 2.24) is 4.98 Å². The second-order valence-electron chi connectivity index (χ2n) is 6.31. The Hall–Kier alpha value is -2.99. The molecule has 0 atom stereocenters. The Bertz CT molecular complexity index is 1010. The van der Waals surface area contributed by atoms with Gasteiger partial charge >= 0.3 is 0 Å². The van der Waals surface area contributed by atoms with Crippen molar-refractivity contribution >= 4 is 50.1 Å². The summed E-state index contributed by atoms with van der Waals surface area (Å²) in [5.41, 5.74) is 4.27. The first kappa shape index (κ1) is 16.5. The molecule has 0 radical (unpaired) electrons. The molecule has 0 saturated heterocycles. The summed E-state index contributed by atoms with van der Waals surface area (Å²) >= 11 is 1.47. The second-order valence-corrected chi connectivity index (χ2v) is 7.32. The van der Waals surface area contributed by atoms with Crippen LogP contribution in [0, 0.1) is 0 Å². The zero-order valence-electron chi connectivity index (χ0n) is 14.8. The highest BCUT2D eigenvalue weighted by Gasteiger charge is 2.30. The van der Waals surface area contributed by atoms with Crippen LogP contribution >= 0.6 is 11.3 Å². The van der Waals surface area contributed by atoms with Crippen LogP contribution < -0.4 is 9.91 Å². The summed E-state index contributed by atoms with van der Waals surface area (Å²) in [5.74, 6) is -0.141. The van der Waals surface area contributed by atoms with Crippen LogP contribution in [0.1, 0.15) is 12.5 Å². The SMILES string of the molecule is CC1=NN(c2nc3ccccc3s2)C(=O)C1=Cc1ccc(N(C)C)cc1. The Morgan fingerprint density at radius 2 is 1.81 bits per heavy atom. The number of anilines is 2. The molecule has 26 heavy (non-hydrogen) atoms. The van der Waals surface area contributed by atoms with Gasteiger partial charge in [-0.15, -0.1) is 0 Å². The first-order valence-electron chi connectivity index (χ1n) is 8.27. The van der Waals surface area contributed by atoms with E-state index in [1.807, 2.05) is 80.5 Å². The average molecular weight is 362 g/mol. The van der Waals surface area contributed by atoms with Crippen LogP contribution in [-0.2, 0) is 4.79 Å². The summed E-state index contributed by atoms with van der Waals surface area (Å²) in [6.07, 6.45) is 1.88. The maximum atomic E-state index is 12.9. The van der Waals surface area contributed by atoms with Gasteiger partial charge in [-0.25, -0.2) is 4.98 Å². The van der Waals surface area contributed by atoms with E-state index in [9.17, 15) is 4.79 Å². The van der Waals surface area contributed by atoms with Gasteiger partial charge in [0.15, 0.2) is 0 Å². The highest BCUT2D eigenvalue weighted by Crippen LogP contribution is 2.32. The molecule has 4 rings (SSSR count). The Balaban J connectivity index is 1.65. The minimum atomic E-state index is -0.141. The van der Waals surface area contributed by atoms with Crippen molar-refractivity contribution in [2.75, 3.05) is 24.0 Å². The molecule has 1 aromatic heterocycles. The number of para-hydroxylation sites is 1. The molecule has 0 unspecified atom stereocenters. The topological polar surface area (TPSA) is 48.8 Å². The number of thiazole rings is 1. The maximum absolute atomic E-state index is 12.9. The molecule has 0 fully saturated rings. The minimum Gasteiger partial charge on any atom is -0.378 e. The van der Waals surface area contributed by atoms with E-state index in [-0.39, 0.29) is 5.91 Å². The van der Waals surface area contributed by atoms with Gasteiger partial charge in [-0.3, -0.25) is 4.79 Å². The lowest BCUT2D eigenvalue weighted by Gasteiger charge is -2.12. The minimum absolute atomic E-state index is 0.141. The van der Waals surface area contributed by atoms with Gasteiger partial charge in [0, 0.05) is 19.8 Å². The van der Waals surface area contributed by atoms with Crippen molar-refractivity contribution in [3.8, 4) is 0 Å². The third-order valence-electron chi connectivity index (χ3n) is 4.25. The number of hydrogen-bond donors (Lipinski definition) is 0. The van der Waals surface area contributed by atoms with Crippen molar-refractivity contribution in [2.24, 2.45) is 5.10 Å². The average Bonchev–Trinajstić information content (AvgIpc) is 3.18. The number of hydrazone groups is 1. The molecular weight excluding hydrogens is 344 g/mol. The van der Waals surface area contributed by atoms with Gasteiger partial charge in [0.05, 0.1) is 21.5 Å². The zero-order chi connectivity index (χ0) is 18.3. The van der Waals surface area contributed by atoms with Crippen LogP contribution in [0.25, 0.3) is 16.3 Å². The number of nitrogens with zero attached hydrogens (tertiary/aromatic N) is 4. The number of benzene rings is 2. The Morgan fingerprint density at radius 1 is 1.08 bits per heavy atom. The van der Waals surface area contributed by atoms with Crippen LogP contribution in [0.4, 0.5) is 10.8 Å². The fourth-order valence-corrected chi connectivity index (χ4v) is 3.72. The summed E-state index contributed by atoms with van der Waals surface area (Å²) in [5, 5.41) is 6.43. The molecule has 0 saturated carbocycles. The van der Waals surface area contributed by atoms with Gasteiger partial charge in [0.2, 0.25) is 5.13 Å². The van der Waals surface area contributed by atoms with Gasteiger partial charge in [-0.05, 0) is 42.8 Å². The Morgan fingerprint density at radius 3 is 2.50 bits per heavy atom. The standard InChI is InChI=1S/C20H18N4OS/c1-13-16(12-14-8-10-15(11-9-14)23(2)3)19(25)24(22-13)20-21-17-6-4-5-7-18(17)26-20/h4-12H,1-3H3. The molecule has 1 amide bonds. The molecule has 0 N–H and O–H groups in total. The monoisotopic (exact) mass is 362 g/mol. The summed E-state index contributed by atoms with van der Waals surface area (Å²) in [7, 11) is 4.00. The van der Waals surface area contributed by atoms with Gasteiger partial charge in [-0.2, -0.15) is 10.1 Å². The first-order chi connectivity index (χ1) is 12.5. The van der Waals surface area contributed by atoms with Crippen molar-refractivity contribution in [3.63, 3.8) is 0 Å². The largest absolute Gasteiger partial charge is 0.378 e. The van der Waals surface area contributed by atoms with E-state index in [0.717, 1.165) is 21.5 Å². The molecule has 2 aromatic carbocycles. The fourth-order valence-electron chi connectivity index (χ4n) is 2.80. The number of fused-ring (bicyclic) bond motifs is 1. The Labute approximate surface area is 155 Å². The van der Waals surface area contributed by atoms with E-state index in [1.165, 1.54) is 16.3 Å². The van der Waals surface area contributed by atoms with Gasteiger partial charge in [0.1, 0.15) is 0 Å². The molecule has 130 valence electrons. The molecule has 1 aliphatic rings. The van der Waals surface area contributed by atoms with Crippen LogP contribution in [0.3, 0.4) is 0 Å². The second kappa shape index (κ2) is 6.38. The van der Waals surface area contributed by atoms with Crippen molar-refractivity contribution in [2.45, 2.75) is 6.92 Å². The molecule has 1 aliphatic heterocycles. The fraction of sp³-hybridized carbons (Fsp3) is 0.150. The summed E-state index contributed by atoms with van der Waals surface area (Å²) in [6.45, 7) is 1.85. The maximum Gasteiger partial charge on any atom is 0.282 e. The number of carbonyl (C=O) groups excluding carboxylic acids is 1. The van der Waals surface area contributed by atoms with E-state index < -0.39 is 0 Å². The van der Waals surface area contributed by atoms with Gasteiger partial charge in [-0.1, -0.05) is 35.6 Å². The molecule has 2 heterocycles. The smallest absolute Gasteiger partial charge is 0.282 e. The van der Waals surface area contributed by atoms with E-state index >= 15 is 0 Å². The summed E-state index contributed by atoms with van der Waals surface area (Å²) < 4.78 is 1.04. The number of aromatic nitrogens is 1. The third kappa shape index (κ3) is 2.88. The van der Waals surface area contributed by atoms with Crippen molar-refractivity contribution in [1.29, 1.82) is 0 Å². The predicted octanol–water partition coefficient (Wildman–Crippen LogP) is 4.17. The Kier molecular flexibility index (Phi) is 4.05. The summed E-state index contributed by atoms with van der Waals surface area (Å²) in [6, 6.07) is 15.9. The van der Waals surface area contributed by atoms with E-state index in [0.29, 0.717) is 16.4 Å². The molecular formula is C20H18N4OS. The lowest BCUT2D eigenvalue weighted by atomic mass is 10.1. The summed E-state index contributed by atoms with van der Waals surface area (Å²) in [4.78, 5) is 19.5.